The lowest BCUT2D eigenvalue weighted by Crippen LogP contribution is -2.17. The van der Waals surface area contributed by atoms with E-state index in [9.17, 15) is 9.59 Å². The lowest BCUT2D eigenvalue weighted by Gasteiger charge is -2.08. The van der Waals surface area contributed by atoms with Crippen molar-refractivity contribution >= 4 is 22.9 Å². The fourth-order valence-corrected chi connectivity index (χ4v) is 4.11. The van der Waals surface area contributed by atoms with Crippen molar-refractivity contribution in [1.29, 1.82) is 0 Å². The highest BCUT2D eigenvalue weighted by molar-refractivity contribution is 7.16. The molecule has 0 aliphatic carbocycles. The van der Waals surface area contributed by atoms with Crippen LogP contribution in [0.15, 0.2) is 23.0 Å². The van der Waals surface area contributed by atoms with Gasteiger partial charge >= 0.3 is 0 Å². The third-order valence-corrected chi connectivity index (χ3v) is 5.93. The van der Waals surface area contributed by atoms with Gasteiger partial charge in [0.25, 0.3) is 11.5 Å². The monoisotopic (exact) mass is 398 g/mol. The maximum Gasteiger partial charge on any atom is 0.276 e. The van der Waals surface area contributed by atoms with Gasteiger partial charge in [0, 0.05) is 16.9 Å². The number of H-pyrrole nitrogens is 1. The van der Waals surface area contributed by atoms with Gasteiger partial charge < -0.3 is 5.32 Å². The Labute approximate surface area is 168 Å². The van der Waals surface area contributed by atoms with Gasteiger partial charge in [0.1, 0.15) is 4.88 Å². The molecular formula is C21H26N4O2S. The van der Waals surface area contributed by atoms with Crippen molar-refractivity contribution < 1.29 is 4.79 Å². The first-order valence-corrected chi connectivity index (χ1v) is 10.3. The minimum Gasteiger partial charge on any atom is -0.321 e. The van der Waals surface area contributed by atoms with E-state index in [0.29, 0.717) is 15.7 Å². The predicted octanol–water partition coefficient (Wildman–Crippen LogP) is 4.45. The molecule has 3 rings (SSSR count). The Bertz CT molecular complexity index is 1070. The first-order valence-electron chi connectivity index (χ1n) is 9.48. The van der Waals surface area contributed by atoms with E-state index in [2.05, 4.69) is 22.3 Å². The van der Waals surface area contributed by atoms with E-state index in [1.165, 1.54) is 16.0 Å². The van der Waals surface area contributed by atoms with Crippen LogP contribution in [0.25, 0.3) is 5.13 Å². The highest BCUT2D eigenvalue weighted by Crippen LogP contribution is 2.24. The molecule has 3 aromatic rings. The summed E-state index contributed by atoms with van der Waals surface area (Å²) in [5.41, 5.74) is 5.10. The summed E-state index contributed by atoms with van der Waals surface area (Å²) in [7, 11) is 0. The molecule has 0 atom stereocenters. The van der Waals surface area contributed by atoms with Crippen LogP contribution in [0.3, 0.4) is 0 Å². The summed E-state index contributed by atoms with van der Waals surface area (Å²) in [6, 6.07) is 5.89. The third kappa shape index (κ3) is 3.94. The van der Waals surface area contributed by atoms with Crippen LogP contribution in [0.4, 0.5) is 5.69 Å². The number of aromatic nitrogens is 3. The number of nitrogens with one attached hydrogen (secondary N) is 2. The summed E-state index contributed by atoms with van der Waals surface area (Å²) in [5, 5.41) is 6.54. The zero-order valence-electron chi connectivity index (χ0n) is 17.0. The van der Waals surface area contributed by atoms with Gasteiger partial charge in [-0.05, 0) is 52.2 Å². The lowest BCUT2D eigenvalue weighted by molar-refractivity contribution is 0.102. The summed E-state index contributed by atoms with van der Waals surface area (Å²) in [5.74, 6) is -0.212. The van der Waals surface area contributed by atoms with Gasteiger partial charge in [0.2, 0.25) is 5.13 Å². The van der Waals surface area contributed by atoms with Crippen molar-refractivity contribution in [3.8, 4) is 5.13 Å². The average molecular weight is 399 g/mol. The second-order valence-electron chi connectivity index (χ2n) is 7.14. The smallest absolute Gasteiger partial charge is 0.276 e. The SMILES string of the molecule is CCCCc1c(C)[nH]n(-c2nc(C)c(C(=O)Nc3ccc(C)cc3C)s2)c1=O. The van der Waals surface area contributed by atoms with Crippen LogP contribution < -0.4 is 10.9 Å². The van der Waals surface area contributed by atoms with Crippen molar-refractivity contribution in [3.05, 3.63) is 61.5 Å². The summed E-state index contributed by atoms with van der Waals surface area (Å²) < 4.78 is 1.45. The van der Waals surface area contributed by atoms with E-state index in [4.69, 9.17) is 0 Å². The van der Waals surface area contributed by atoms with E-state index >= 15 is 0 Å². The number of nitrogens with zero attached hydrogens (tertiary/aromatic N) is 2. The zero-order chi connectivity index (χ0) is 20.4. The molecule has 0 spiro atoms. The zero-order valence-corrected chi connectivity index (χ0v) is 17.8. The van der Waals surface area contributed by atoms with Gasteiger partial charge in [-0.2, -0.15) is 4.68 Å². The van der Waals surface area contributed by atoms with Crippen molar-refractivity contribution in [3.63, 3.8) is 0 Å². The summed E-state index contributed by atoms with van der Waals surface area (Å²) in [4.78, 5) is 30.5. The molecule has 0 aliphatic heterocycles. The van der Waals surface area contributed by atoms with Gasteiger partial charge in [0.05, 0.1) is 5.69 Å². The van der Waals surface area contributed by atoms with E-state index in [0.717, 1.165) is 47.3 Å². The number of thiazole rings is 1. The Hall–Kier alpha value is -2.67. The fourth-order valence-electron chi connectivity index (χ4n) is 3.19. The second-order valence-corrected chi connectivity index (χ2v) is 8.12. The fraction of sp³-hybridized carbons (Fsp3) is 0.381. The van der Waals surface area contributed by atoms with E-state index in [1.54, 1.807) is 6.92 Å². The molecule has 0 unspecified atom stereocenters. The number of anilines is 1. The van der Waals surface area contributed by atoms with Crippen LogP contribution in [0.1, 0.15) is 57.5 Å². The quantitative estimate of drug-likeness (QED) is 0.644. The number of hydrogen-bond donors (Lipinski definition) is 2. The Kier molecular flexibility index (Phi) is 5.84. The third-order valence-electron chi connectivity index (χ3n) is 4.79. The summed E-state index contributed by atoms with van der Waals surface area (Å²) >= 11 is 1.22. The van der Waals surface area contributed by atoms with E-state index in [-0.39, 0.29) is 11.5 Å². The molecule has 6 nitrogen and oxygen atoms in total. The molecule has 2 aromatic heterocycles. The van der Waals surface area contributed by atoms with Crippen molar-refractivity contribution in [2.45, 2.75) is 53.9 Å². The molecule has 7 heteroatoms. The summed E-state index contributed by atoms with van der Waals surface area (Å²) in [6.45, 7) is 9.77. The molecule has 0 saturated heterocycles. The molecule has 2 N–H and O–H groups in total. The lowest BCUT2D eigenvalue weighted by atomic mass is 10.1. The Morgan fingerprint density at radius 2 is 2.00 bits per heavy atom. The summed E-state index contributed by atoms with van der Waals surface area (Å²) in [6.07, 6.45) is 2.74. The average Bonchev–Trinajstić information content (AvgIpc) is 3.15. The van der Waals surface area contributed by atoms with Crippen LogP contribution in [0, 0.1) is 27.7 Å². The molecule has 0 radical (unpaired) electrons. The molecular weight excluding hydrogens is 372 g/mol. The molecule has 28 heavy (non-hydrogen) atoms. The predicted molar refractivity (Wildman–Crippen MR) is 114 cm³/mol. The van der Waals surface area contributed by atoms with Crippen molar-refractivity contribution in [1.82, 2.24) is 14.8 Å². The number of amides is 1. The van der Waals surface area contributed by atoms with Crippen molar-refractivity contribution in [2.75, 3.05) is 5.32 Å². The molecule has 0 fully saturated rings. The number of rotatable bonds is 6. The Morgan fingerprint density at radius 1 is 1.25 bits per heavy atom. The largest absolute Gasteiger partial charge is 0.321 e. The number of unbranched alkanes of at least 4 members (excludes halogenated alkanes) is 1. The van der Waals surface area contributed by atoms with Gasteiger partial charge in [-0.15, -0.1) is 0 Å². The number of aromatic amines is 1. The topological polar surface area (TPSA) is 79.8 Å². The number of carbonyl (C=O) groups excluding carboxylic acids is 1. The second kappa shape index (κ2) is 8.14. The van der Waals surface area contributed by atoms with Gasteiger partial charge in [-0.3, -0.25) is 14.7 Å². The molecule has 1 aromatic carbocycles. The minimum absolute atomic E-state index is 0.0824. The van der Waals surface area contributed by atoms with Crippen LogP contribution in [-0.4, -0.2) is 20.7 Å². The van der Waals surface area contributed by atoms with Gasteiger partial charge in [-0.1, -0.05) is 42.4 Å². The highest BCUT2D eigenvalue weighted by atomic mass is 32.1. The highest BCUT2D eigenvalue weighted by Gasteiger charge is 2.20. The molecule has 2 heterocycles. The van der Waals surface area contributed by atoms with Crippen LogP contribution >= 0.6 is 11.3 Å². The molecule has 1 amide bonds. The van der Waals surface area contributed by atoms with Crippen LogP contribution in [0.5, 0.6) is 0 Å². The van der Waals surface area contributed by atoms with Gasteiger partial charge in [0.15, 0.2) is 0 Å². The minimum atomic E-state index is -0.212. The standard InChI is InChI=1S/C21H26N4O2S/c1-6-7-8-16-14(4)24-25(20(16)27)21-22-15(5)18(28-21)19(26)23-17-10-9-12(2)11-13(17)3/h9-11,24H,6-8H2,1-5H3,(H,23,26). The maximum atomic E-state index is 12.8. The number of benzene rings is 1. The first-order chi connectivity index (χ1) is 13.3. The van der Waals surface area contributed by atoms with Gasteiger partial charge in [-0.25, -0.2) is 4.98 Å². The Balaban J connectivity index is 1.89. The number of hydrogen-bond acceptors (Lipinski definition) is 4. The number of aryl methyl sites for hydroxylation is 4. The molecule has 0 aliphatic rings. The van der Waals surface area contributed by atoms with Crippen molar-refractivity contribution in [2.24, 2.45) is 0 Å². The number of carbonyl (C=O) groups is 1. The molecule has 148 valence electrons. The maximum absolute atomic E-state index is 12.8. The van der Waals surface area contributed by atoms with Crippen LogP contribution in [-0.2, 0) is 6.42 Å². The van der Waals surface area contributed by atoms with E-state index in [1.807, 2.05) is 39.0 Å². The normalized spacial score (nSPS) is 11.0. The van der Waals surface area contributed by atoms with Crippen LogP contribution in [0.2, 0.25) is 0 Å². The first kappa shape index (κ1) is 20.1. The van der Waals surface area contributed by atoms with E-state index < -0.39 is 0 Å². The molecule has 0 bridgehead atoms. The molecule has 0 saturated carbocycles. The Morgan fingerprint density at radius 3 is 2.68 bits per heavy atom.